The third-order valence-corrected chi connectivity index (χ3v) is 6.87. The number of thiophene rings is 1. The molecular formula is C26H25FN4O4S. The number of anilines is 2. The number of aromatic nitrogens is 2. The van der Waals surface area contributed by atoms with Crippen LogP contribution in [0.5, 0.6) is 5.75 Å². The molecule has 186 valence electrons. The van der Waals surface area contributed by atoms with Crippen LogP contribution in [0, 0.1) is 19.7 Å². The molecule has 0 bridgehead atoms. The predicted octanol–water partition coefficient (Wildman–Crippen LogP) is 5.76. The number of benzene rings is 2. The van der Waals surface area contributed by atoms with Gasteiger partial charge in [0.1, 0.15) is 16.6 Å². The van der Waals surface area contributed by atoms with Crippen molar-refractivity contribution >= 4 is 34.0 Å². The fourth-order valence-corrected chi connectivity index (χ4v) is 5.21. The fraction of sp³-hybridized carbons (Fsp3) is 0.192. The van der Waals surface area contributed by atoms with Gasteiger partial charge in [-0.3, -0.25) is 4.90 Å². The van der Waals surface area contributed by atoms with Crippen molar-refractivity contribution in [2.45, 2.75) is 20.8 Å². The number of urea groups is 1. The zero-order valence-corrected chi connectivity index (χ0v) is 21.1. The van der Waals surface area contributed by atoms with E-state index in [1.807, 2.05) is 35.9 Å². The van der Waals surface area contributed by atoms with Crippen LogP contribution >= 0.6 is 11.3 Å². The molecule has 0 aliphatic rings. The van der Waals surface area contributed by atoms with Crippen molar-refractivity contribution in [1.82, 2.24) is 9.55 Å². The number of carbonyl (C=O) groups excluding carboxylic acids is 2. The molecule has 0 radical (unpaired) electrons. The van der Waals surface area contributed by atoms with Gasteiger partial charge in [0.15, 0.2) is 0 Å². The summed E-state index contributed by atoms with van der Waals surface area (Å²) in [5.41, 5.74) is 9.33. The van der Waals surface area contributed by atoms with Crippen molar-refractivity contribution in [2.24, 2.45) is 5.73 Å². The summed E-state index contributed by atoms with van der Waals surface area (Å²) in [6, 6.07) is 10.1. The number of rotatable bonds is 7. The Kier molecular flexibility index (Phi) is 7.07. The van der Waals surface area contributed by atoms with Crippen LogP contribution in [0.1, 0.15) is 28.5 Å². The average molecular weight is 509 g/mol. The second kappa shape index (κ2) is 10.2. The lowest BCUT2D eigenvalue weighted by molar-refractivity contribution is 0.0527. The second-order valence-electron chi connectivity index (χ2n) is 7.92. The van der Waals surface area contributed by atoms with Gasteiger partial charge in [-0.1, -0.05) is 6.07 Å². The average Bonchev–Trinajstić information content (AvgIpc) is 3.43. The van der Waals surface area contributed by atoms with Crippen LogP contribution in [0.2, 0.25) is 0 Å². The van der Waals surface area contributed by atoms with Gasteiger partial charge in [0.2, 0.25) is 0 Å². The number of nitrogens with two attached hydrogens (primary N) is 1. The molecule has 36 heavy (non-hydrogen) atoms. The monoisotopic (exact) mass is 508 g/mol. The SMILES string of the molecule is CCOC(=O)c1c(N(C(N)=O)c2ccc(F)cc2)sc(-c2ccc(-n3cnc(C)c3)c(OC)c2)c1C. The number of carbonyl (C=O) groups is 2. The van der Waals surface area contributed by atoms with E-state index in [1.54, 1.807) is 27.3 Å². The highest BCUT2D eigenvalue weighted by Gasteiger charge is 2.30. The standard InChI is InChI=1S/C26H25FN4O4S/c1-5-35-25(32)22-16(3)23(36-24(22)31(26(28)33)19-9-7-18(27)8-10-19)17-6-11-20(21(12-17)34-4)30-13-15(2)29-14-30/h6-14H,5H2,1-4H3,(H2,28,33). The minimum atomic E-state index is -0.816. The number of methoxy groups -OCH3 is 1. The zero-order chi connectivity index (χ0) is 26.0. The van der Waals surface area contributed by atoms with Crippen LogP contribution in [0.3, 0.4) is 0 Å². The first-order chi connectivity index (χ1) is 17.2. The highest BCUT2D eigenvalue weighted by atomic mass is 32.1. The number of imidazole rings is 1. The number of primary amides is 1. The summed E-state index contributed by atoms with van der Waals surface area (Å²) >= 11 is 1.21. The Labute approximate surface area is 211 Å². The van der Waals surface area contributed by atoms with Gasteiger partial charge in [-0.2, -0.15) is 0 Å². The highest BCUT2D eigenvalue weighted by Crippen LogP contribution is 2.45. The van der Waals surface area contributed by atoms with Crippen molar-refractivity contribution in [2.75, 3.05) is 18.6 Å². The normalized spacial score (nSPS) is 10.8. The zero-order valence-electron chi connectivity index (χ0n) is 20.2. The maximum absolute atomic E-state index is 13.6. The first-order valence-electron chi connectivity index (χ1n) is 11.1. The van der Waals surface area contributed by atoms with Crippen LogP contribution in [0.4, 0.5) is 19.9 Å². The molecule has 4 rings (SSSR count). The second-order valence-corrected chi connectivity index (χ2v) is 8.91. The smallest absolute Gasteiger partial charge is 0.341 e. The van der Waals surface area contributed by atoms with Gasteiger partial charge in [0.05, 0.1) is 42.7 Å². The molecule has 4 aromatic rings. The van der Waals surface area contributed by atoms with Gasteiger partial charge in [-0.25, -0.2) is 19.0 Å². The minimum absolute atomic E-state index is 0.156. The number of nitrogens with zero attached hydrogens (tertiary/aromatic N) is 3. The Hall–Kier alpha value is -4.18. The lowest BCUT2D eigenvalue weighted by Crippen LogP contribution is -2.32. The topological polar surface area (TPSA) is 99.7 Å². The molecule has 2 aromatic heterocycles. The van der Waals surface area contributed by atoms with E-state index in [1.165, 1.54) is 40.5 Å². The largest absolute Gasteiger partial charge is 0.495 e. The van der Waals surface area contributed by atoms with E-state index in [9.17, 15) is 14.0 Å². The molecule has 0 atom stereocenters. The molecule has 0 fully saturated rings. The number of esters is 1. The molecule has 0 spiro atoms. The van der Waals surface area contributed by atoms with Gasteiger partial charge in [0, 0.05) is 11.1 Å². The van der Waals surface area contributed by atoms with Gasteiger partial charge in [-0.15, -0.1) is 11.3 Å². The molecule has 0 saturated heterocycles. The van der Waals surface area contributed by atoms with E-state index >= 15 is 0 Å². The number of ether oxygens (including phenoxy) is 2. The Morgan fingerprint density at radius 3 is 2.47 bits per heavy atom. The van der Waals surface area contributed by atoms with E-state index in [-0.39, 0.29) is 17.2 Å². The van der Waals surface area contributed by atoms with Crippen molar-refractivity contribution in [3.63, 3.8) is 0 Å². The number of amides is 2. The lowest BCUT2D eigenvalue weighted by atomic mass is 10.1. The van der Waals surface area contributed by atoms with E-state index in [0.717, 1.165) is 21.8 Å². The maximum atomic E-state index is 13.6. The minimum Gasteiger partial charge on any atom is -0.495 e. The molecule has 0 aliphatic heterocycles. The van der Waals surface area contributed by atoms with Crippen molar-refractivity contribution in [3.05, 3.63) is 77.6 Å². The van der Waals surface area contributed by atoms with Crippen LogP contribution < -0.4 is 15.4 Å². The van der Waals surface area contributed by atoms with Gasteiger partial charge in [-0.05, 0) is 68.3 Å². The van der Waals surface area contributed by atoms with Crippen LogP contribution in [-0.4, -0.2) is 35.3 Å². The fourth-order valence-electron chi connectivity index (χ4n) is 3.89. The molecular weight excluding hydrogens is 483 g/mol. The van der Waals surface area contributed by atoms with Crippen LogP contribution in [0.15, 0.2) is 55.0 Å². The van der Waals surface area contributed by atoms with E-state index < -0.39 is 17.8 Å². The molecule has 10 heteroatoms. The van der Waals surface area contributed by atoms with Gasteiger partial charge in [0.25, 0.3) is 0 Å². The molecule has 2 amide bonds. The van der Waals surface area contributed by atoms with E-state index in [4.69, 9.17) is 15.2 Å². The third kappa shape index (κ3) is 4.67. The molecule has 0 saturated carbocycles. The van der Waals surface area contributed by atoms with Crippen LogP contribution in [-0.2, 0) is 4.74 Å². The van der Waals surface area contributed by atoms with E-state index in [2.05, 4.69) is 4.98 Å². The maximum Gasteiger partial charge on any atom is 0.341 e. The molecule has 8 nitrogen and oxygen atoms in total. The number of aryl methyl sites for hydroxylation is 1. The number of halogens is 1. The molecule has 2 aromatic carbocycles. The third-order valence-electron chi connectivity index (χ3n) is 5.55. The summed E-state index contributed by atoms with van der Waals surface area (Å²) in [5, 5.41) is 0.285. The predicted molar refractivity (Wildman–Crippen MR) is 137 cm³/mol. The molecule has 2 heterocycles. The first kappa shape index (κ1) is 24.9. The number of hydrogen-bond acceptors (Lipinski definition) is 6. The summed E-state index contributed by atoms with van der Waals surface area (Å²) in [6.45, 7) is 5.54. The summed E-state index contributed by atoms with van der Waals surface area (Å²) in [4.78, 5) is 31.8. The van der Waals surface area contributed by atoms with Crippen molar-refractivity contribution in [1.29, 1.82) is 0 Å². The molecule has 0 unspecified atom stereocenters. The molecule has 0 aliphatic carbocycles. The Bertz CT molecular complexity index is 1430. The Morgan fingerprint density at radius 2 is 1.89 bits per heavy atom. The quantitative estimate of drug-likeness (QED) is 0.320. The highest BCUT2D eigenvalue weighted by molar-refractivity contribution is 7.20. The van der Waals surface area contributed by atoms with Crippen LogP contribution in [0.25, 0.3) is 16.1 Å². The van der Waals surface area contributed by atoms with Crippen molar-refractivity contribution < 1.29 is 23.5 Å². The summed E-state index contributed by atoms with van der Waals surface area (Å²) in [6.07, 6.45) is 3.59. The van der Waals surface area contributed by atoms with E-state index in [0.29, 0.717) is 17.0 Å². The number of hydrogen-bond donors (Lipinski definition) is 1. The first-order valence-corrected chi connectivity index (χ1v) is 11.9. The van der Waals surface area contributed by atoms with Crippen molar-refractivity contribution in [3.8, 4) is 21.9 Å². The summed E-state index contributed by atoms with van der Waals surface area (Å²) in [7, 11) is 1.58. The Morgan fingerprint density at radius 1 is 1.17 bits per heavy atom. The summed E-state index contributed by atoms with van der Waals surface area (Å²) < 4.78 is 26.4. The van der Waals surface area contributed by atoms with Gasteiger partial charge >= 0.3 is 12.0 Å². The molecule has 2 N–H and O–H groups in total. The summed E-state index contributed by atoms with van der Waals surface area (Å²) in [5.74, 6) is -0.447. The van der Waals surface area contributed by atoms with Gasteiger partial charge < -0.3 is 19.8 Å². The Balaban J connectivity index is 1.89. The lowest BCUT2D eigenvalue weighted by Gasteiger charge is -2.20.